The van der Waals surface area contributed by atoms with Gasteiger partial charge < -0.3 is 40.9 Å². The van der Waals surface area contributed by atoms with E-state index in [0.717, 1.165) is 78.8 Å². The molecule has 0 bridgehead atoms. The molecule has 670 valence electrons. The first-order chi connectivity index (χ1) is 52.9. The maximum absolute atomic E-state index is 9.76. The molecule has 22 heteroatoms. The SMILES string of the molecule is CC(C)(C)C(O)CC(O)C(C)(C)C.CC(C)C(O)CC(O)C(C)C.CC(O)CC(C)O.CC(O)CC(O)C(C)(C)C.Cc1[c-]c(-c2ncc(C(C)(C)C)cn2)cc(C)c1.Cc1[c-]c(-c2nccc(C(C)C)n2)cc(C)c1.Cc1[c-]c(-c2ncnc(-c3cc(C)cc(C)c3)n2)cc(C)c1.Cc1[c-]c(-c2ncnc(C(C)C)n2)cc(C)c1.[Ir].[Ir].[Ir].[Ir]. The van der Waals surface area contributed by atoms with Crippen LogP contribution in [0.5, 0.6) is 0 Å². The van der Waals surface area contributed by atoms with Crippen molar-refractivity contribution in [2.75, 3.05) is 0 Å². The van der Waals surface area contributed by atoms with Gasteiger partial charge in [0, 0.05) is 123 Å². The number of hydrogen-bond donors (Lipinski definition) is 8. The van der Waals surface area contributed by atoms with E-state index in [4.69, 9.17) is 15.3 Å². The summed E-state index contributed by atoms with van der Waals surface area (Å²) >= 11 is 0. The molecule has 9 aromatic rings. The largest absolute Gasteiger partial charge is 0.393 e. The van der Waals surface area contributed by atoms with Gasteiger partial charge in [0.15, 0.2) is 5.82 Å². The number of nitrogens with zero attached hydrogens (tertiary/aromatic N) is 10. The summed E-state index contributed by atoms with van der Waals surface area (Å²) < 4.78 is 0. The molecule has 4 radical (unpaired) electrons. The molecule has 8 unspecified atom stereocenters. The topological polar surface area (TPSA) is 291 Å². The van der Waals surface area contributed by atoms with E-state index in [1.807, 2.05) is 154 Å². The maximum atomic E-state index is 9.76. The molecule has 4 aromatic heterocycles. The molecule has 0 aliphatic carbocycles. The van der Waals surface area contributed by atoms with E-state index < -0.39 is 24.4 Å². The average Bonchev–Trinajstić information content (AvgIpc) is 0.813. The van der Waals surface area contributed by atoms with Gasteiger partial charge in [-0.25, -0.2) is 9.97 Å². The molecular weight excluding hydrogens is 2200 g/mol. The summed E-state index contributed by atoms with van der Waals surface area (Å²) in [5.41, 5.74) is 18.4. The molecule has 18 nitrogen and oxygen atoms in total. The number of aromatic nitrogens is 10. The number of aliphatic hydroxyl groups is 8. The van der Waals surface area contributed by atoms with Crippen molar-refractivity contribution in [1.29, 1.82) is 0 Å². The summed E-state index contributed by atoms with van der Waals surface area (Å²) in [6.45, 7) is 66.1. The van der Waals surface area contributed by atoms with E-state index in [9.17, 15) is 25.5 Å². The standard InChI is InChI=1S/C19H18N3.C16H19N2.C15H17N2.C14H16N3.C11H24O2.C9H20O2.C8H18O2.C5H12O2.4Ir/c1-12-5-13(2)8-16(7-12)18-20-11-21-19(22-18)17-9-14(3)6-15(4)10-17;1-11-6-12(2)8-13(7-11)15-17-9-14(10-18-15)16(3,4)5;1-10(2)14-5-6-16-15(17-14)13-8-11(3)7-12(4)9-13;1-9(2)13-15-8-16-14(17-13)12-6-10(3)5-11(4)7-12;1-10(2,3)8(12)7-9(13)11(4,5)6;1-6(2)8(10)5-9(11)7(3)4;1-6(9)5-7(10)8(2,3)4;1-4(6)3-5(2)7;;;;/h5-9,11H,1-4H3;6-7,9-10H,1-5H3;5-8,10H,1-4H3;5-6,8-9H,1-4H3;8-9,12-13H,7H2,1-6H3;6-11H,5H2,1-4H3;6-7,9-10H,5H2,1-4H3;4-7H,3H2,1-2H3;;;;/q4*-1;;;;;;;;. The van der Waals surface area contributed by atoms with Gasteiger partial charge in [0.25, 0.3) is 0 Å². The van der Waals surface area contributed by atoms with Crippen molar-refractivity contribution >= 4 is 0 Å². The van der Waals surface area contributed by atoms with Crippen molar-refractivity contribution < 1.29 is 121 Å². The summed E-state index contributed by atoms with van der Waals surface area (Å²) in [4.78, 5) is 43.9. The van der Waals surface area contributed by atoms with Crippen molar-refractivity contribution in [1.82, 2.24) is 49.8 Å². The van der Waals surface area contributed by atoms with Crippen LogP contribution in [0, 0.1) is 122 Å². The average molecular weight is 2350 g/mol. The Labute approximate surface area is 771 Å². The number of aryl methyl sites for hydroxylation is 10. The van der Waals surface area contributed by atoms with Crippen molar-refractivity contribution in [2.24, 2.45) is 28.1 Å². The summed E-state index contributed by atoms with van der Waals surface area (Å²) in [6.07, 6.45) is 7.48. The first kappa shape index (κ1) is 118. The Kier molecular flexibility index (Phi) is 55.1. The molecule has 0 fully saturated rings. The van der Waals surface area contributed by atoms with Crippen molar-refractivity contribution in [3.05, 3.63) is 201 Å². The molecule has 0 aliphatic heterocycles. The van der Waals surface area contributed by atoms with Crippen LogP contribution in [-0.2, 0) is 85.8 Å². The summed E-state index contributed by atoms with van der Waals surface area (Å²) in [6, 6.07) is 38.1. The number of aliphatic hydroxyl groups excluding tert-OH is 8. The van der Waals surface area contributed by atoms with E-state index in [0.29, 0.717) is 55.0 Å². The van der Waals surface area contributed by atoms with Crippen LogP contribution in [0.15, 0.2) is 104 Å². The predicted octanol–water partition coefficient (Wildman–Crippen LogP) is 19.8. The van der Waals surface area contributed by atoms with Crippen molar-refractivity contribution in [3.8, 4) is 56.9 Å². The van der Waals surface area contributed by atoms with Crippen molar-refractivity contribution in [3.63, 3.8) is 0 Å². The molecular formula is C97H144Ir4N10O8-4. The Morgan fingerprint density at radius 1 is 0.319 bits per heavy atom. The zero-order chi connectivity index (χ0) is 88.0. The van der Waals surface area contributed by atoms with Crippen LogP contribution >= 0.6 is 0 Å². The van der Waals surface area contributed by atoms with E-state index >= 15 is 0 Å². The van der Waals surface area contributed by atoms with E-state index in [1.165, 1.54) is 33.4 Å². The smallest absolute Gasteiger partial charge is 0.153 e. The first-order valence-electron chi connectivity index (χ1n) is 40.6. The Bertz CT molecular complexity index is 4040. The zero-order valence-electron chi connectivity index (χ0n) is 77.5. The van der Waals surface area contributed by atoms with Crippen LogP contribution in [0.2, 0.25) is 0 Å². The minimum absolute atomic E-state index is 0. The fourth-order valence-corrected chi connectivity index (χ4v) is 11.0. The number of rotatable bonds is 17. The van der Waals surface area contributed by atoms with Gasteiger partial charge >= 0.3 is 0 Å². The van der Waals surface area contributed by atoms with Gasteiger partial charge in [-0.3, -0.25) is 39.9 Å². The molecule has 0 saturated carbocycles. The maximum Gasteiger partial charge on any atom is 0.153 e. The predicted molar refractivity (Wildman–Crippen MR) is 472 cm³/mol. The Balaban J connectivity index is -0.00000131. The van der Waals surface area contributed by atoms with Gasteiger partial charge in [0.2, 0.25) is 0 Å². The third-order valence-electron chi connectivity index (χ3n) is 18.2. The summed E-state index contributed by atoms with van der Waals surface area (Å²) in [5.74, 6) is 5.60. The molecule has 8 atom stereocenters. The molecule has 0 aliphatic rings. The number of benzene rings is 5. The van der Waals surface area contributed by atoms with Crippen molar-refractivity contribution in [2.45, 2.75) is 320 Å². The van der Waals surface area contributed by atoms with Crippen LogP contribution in [0.25, 0.3) is 56.9 Å². The normalized spacial score (nSPS) is 13.2. The van der Waals surface area contributed by atoms with Gasteiger partial charge in [0.05, 0.1) is 72.1 Å². The monoisotopic (exact) mass is 2350 g/mol. The first-order valence-corrected chi connectivity index (χ1v) is 40.6. The Morgan fingerprint density at radius 3 is 0.941 bits per heavy atom. The van der Waals surface area contributed by atoms with E-state index in [2.05, 4.69) is 219 Å². The van der Waals surface area contributed by atoms with Crippen LogP contribution in [0.4, 0.5) is 0 Å². The molecule has 0 spiro atoms. The third-order valence-corrected chi connectivity index (χ3v) is 18.2. The fourth-order valence-electron chi connectivity index (χ4n) is 11.0. The summed E-state index contributed by atoms with van der Waals surface area (Å²) in [7, 11) is 0. The zero-order valence-corrected chi connectivity index (χ0v) is 87.0. The molecule has 4 heterocycles. The quantitative estimate of drug-likeness (QED) is 0.0393. The minimum atomic E-state index is -0.443. The van der Waals surface area contributed by atoms with E-state index in [1.54, 1.807) is 33.4 Å². The molecule has 119 heavy (non-hydrogen) atoms. The van der Waals surface area contributed by atoms with Gasteiger partial charge in [-0.1, -0.05) is 211 Å². The van der Waals surface area contributed by atoms with Crippen LogP contribution in [0.3, 0.4) is 0 Å². The molecule has 5 aromatic carbocycles. The van der Waals surface area contributed by atoms with Gasteiger partial charge in [-0.15, -0.1) is 140 Å². The molecule has 0 saturated heterocycles. The van der Waals surface area contributed by atoms with Gasteiger partial charge in [-0.05, 0) is 117 Å². The second-order valence-electron chi connectivity index (χ2n) is 36.6. The molecule has 8 N–H and O–H groups in total. The Hall–Kier alpha value is -5.44. The molecule has 0 amide bonds. The van der Waals surface area contributed by atoms with Crippen LogP contribution in [0.1, 0.15) is 269 Å². The third kappa shape index (κ3) is 47.3. The number of hydrogen-bond acceptors (Lipinski definition) is 18. The van der Waals surface area contributed by atoms with Gasteiger partial charge in [-0.2, -0.15) is 0 Å². The fraction of sp³-hybridized carbons (Fsp3) is 0.546. The van der Waals surface area contributed by atoms with Gasteiger partial charge in [0.1, 0.15) is 18.5 Å². The second-order valence-corrected chi connectivity index (χ2v) is 36.6. The second kappa shape index (κ2) is 55.7. The van der Waals surface area contributed by atoms with Crippen LogP contribution < -0.4 is 0 Å². The van der Waals surface area contributed by atoms with Crippen LogP contribution in [-0.4, -0.2) is 140 Å². The molecule has 9 rings (SSSR count). The Morgan fingerprint density at radius 2 is 0.639 bits per heavy atom. The minimum Gasteiger partial charge on any atom is -0.393 e. The van der Waals surface area contributed by atoms with E-state index in [-0.39, 0.29) is 138 Å². The summed E-state index contributed by atoms with van der Waals surface area (Å²) in [5, 5.41) is 73.7.